The van der Waals surface area contributed by atoms with Crippen LogP contribution in [0.5, 0.6) is 0 Å². The highest BCUT2D eigenvalue weighted by atomic mass is 32.2. The Morgan fingerprint density at radius 2 is 1.62 bits per heavy atom. The van der Waals surface area contributed by atoms with Gasteiger partial charge in [-0.15, -0.1) is 0 Å². The summed E-state index contributed by atoms with van der Waals surface area (Å²) in [6.07, 6.45) is 14.4. The predicted octanol–water partition coefficient (Wildman–Crippen LogP) is 6.90. The van der Waals surface area contributed by atoms with Gasteiger partial charge in [-0.25, -0.2) is 4.79 Å². The van der Waals surface area contributed by atoms with Crippen molar-refractivity contribution in [2.45, 2.75) is 179 Å². The maximum atomic E-state index is 14.4. The third-order valence-corrected chi connectivity index (χ3v) is 15.6. The average molecular weight is 930 g/mol. The van der Waals surface area contributed by atoms with Crippen molar-refractivity contribution in [1.82, 2.24) is 4.90 Å². The molecule has 0 aromatic carbocycles. The van der Waals surface area contributed by atoms with Gasteiger partial charge in [-0.05, 0) is 114 Å². The summed E-state index contributed by atoms with van der Waals surface area (Å²) in [6.45, 7) is 12.9. The van der Waals surface area contributed by atoms with E-state index in [1.807, 2.05) is 64.3 Å². The largest absolute Gasteiger partial charge is 0.460 e. The van der Waals surface area contributed by atoms with Crippen LogP contribution < -0.4 is 0 Å². The number of aliphatic hydroxyl groups excluding tert-OH is 2. The Morgan fingerprint density at radius 3 is 2.29 bits per heavy atom. The number of carbonyl (C=O) groups excluding carboxylic acids is 5. The zero-order valence-electron chi connectivity index (χ0n) is 40.6. The summed E-state index contributed by atoms with van der Waals surface area (Å²) in [5.74, 6) is -7.73. The van der Waals surface area contributed by atoms with Gasteiger partial charge in [0.2, 0.25) is 5.79 Å². The molecule has 0 radical (unpaired) electrons. The van der Waals surface area contributed by atoms with Crippen molar-refractivity contribution < 1.29 is 58.2 Å². The number of methoxy groups -OCH3 is 2. The summed E-state index contributed by atoms with van der Waals surface area (Å²) >= 11 is 1.63. The van der Waals surface area contributed by atoms with Crippen molar-refractivity contribution in [1.29, 1.82) is 0 Å². The van der Waals surface area contributed by atoms with E-state index in [9.17, 15) is 39.3 Å². The number of fused-ring (bicyclic) bond motifs is 3. The number of hydrogen-bond donors (Lipinski definition) is 3. The molecule has 13 nitrogen and oxygen atoms in total. The van der Waals surface area contributed by atoms with E-state index in [1.54, 1.807) is 45.7 Å². The minimum absolute atomic E-state index is 0.000885. The number of ether oxygens (including phenoxy) is 4. The number of thioether (sulfide) groups is 1. The SMILES string of the molecule is CO[C@@H]1C[C@@H](C[C@@H](C)[C@@H]2CC(=O)[C@H](C)/C=C(\C)[C@@H](O)[C@@H](OC)C(=O)[C@H](C)C[C@H](C)\C=C/C=C/C=C(\C)[C@@H](SC)C[C@@H]3CC[C@@H](C)[C@@](O)(O3)C(=O)C(=O)N3CCCC[C@H]3C(=O)O2)CC[C@H]1O. The summed E-state index contributed by atoms with van der Waals surface area (Å²) in [7, 11) is 2.96. The summed E-state index contributed by atoms with van der Waals surface area (Å²) in [5, 5.41) is 33.9. The van der Waals surface area contributed by atoms with Crippen LogP contribution in [0.25, 0.3) is 0 Å². The first kappa shape index (κ1) is 54.6. The van der Waals surface area contributed by atoms with Gasteiger partial charge in [0.15, 0.2) is 5.78 Å². The molecule has 4 rings (SSSR count). The third kappa shape index (κ3) is 14.5. The molecule has 4 aliphatic rings. The molecule has 14 heteroatoms. The fraction of sp³-hybridized carbons (Fsp3) is 0.745. The molecule has 3 fully saturated rings. The van der Waals surface area contributed by atoms with E-state index in [0.29, 0.717) is 63.4 Å². The first-order valence-electron chi connectivity index (χ1n) is 23.9. The molecule has 366 valence electrons. The van der Waals surface area contributed by atoms with Crippen LogP contribution in [0.4, 0.5) is 0 Å². The van der Waals surface area contributed by atoms with E-state index in [0.717, 1.165) is 12.0 Å². The van der Waals surface area contributed by atoms with Gasteiger partial charge < -0.3 is 39.2 Å². The van der Waals surface area contributed by atoms with E-state index in [4.69, 9.17) is 18.9 Å². The number of Topliss-reactive ketones (excluding diaryl/α,β-unsaturated/α-hetero) is 3. The minimum atomic E-state index is -2.38. The lowest BCUT2D eigenvalue weighted by Crippen LogP contribution is -2.60. The van der Waals surface area contributed by atoms with E-state index >= 15 is 0 Å². The average Bonchev–Trinajstić information content (AvgIpc) is 3.28. The molecule has 15 atom stereocenters. The van der Waals surface area contributed by atoms with Gasteiger partial charge in [0.05, 0.1) is 18.3 Å². The second-order valence-corrected chi connectivity index (χ2v) is 20.6. The number of carbonyl (C=O) groups is 5. The summed E-state index contributed by atoms with van der Waals surface area (Å²) in [4.78, 5) is 71.9. The van der Waals surface area contributed by atoms with Gasteiger partial charge in [0.1, 0.15) is 30.1 Å². The highest BCUT2D eigenvalue weighted by Crippen LogP contribution is 2.38. The minimum Gasteiger partial charge on any atom is -0.460 e. The lowest BCUT2D eigenvalue weighted by atomic mass is 9.78. The smallest absolute Gasteiger partial charge is 0.329 e. The number of esters is 1. The third-order valence-electron chi connectivity index (χ3n) is 14.5. The van der Waals surface area contributed by atoms with Crippen LogP contribution in [0.2, 0.25) is 0 Å². The van der Waals surface area contributed by atoms with Crippen LogP contribution in [0.1, 0.15) is 126 Å². The fourth-order valence-electron chi connectivity index (χ4n) is 10.1. The number of hydrogen-bond acceptors (Lipinski definition) is 13. The van der Waals surface area contributed by atoms with Crippen LogP contribution in [0.15, 0.2) is 47.6 Å². The molecular weight excluding hydrogens is 851 g/mol. The Morgan fingerprint density at radius 1 is 0.892 bits per heavy atom. The monoisotopic (exact) mass is 930 g/mol. The first-order chi connectivity index (χ1) is 30.7. The Bertz CT molecular complexity index is 1760. The Hall–Kier alpha value is -2.98. The van der Waals surface area contributed by atoms with Crippen molar-refractivity contribution in [3.05, 3.63) is 47.6 Å². The number of amides is 1. The normalized spacial score (nSPS) is 40.4. The zero-order valence-corrected chi connectivity index (χ0v) is 41.4. The second kappa shape index (κ2) is 25.4. The van der Waals surface area contributed by atoms with Crippen molar-refractivity contribution in [3.63, 3.8) is 0 Å². The summed E-state index contributed by atoms with van der Waals surface area (Å²) in [6, 6.07) is -1.12. The van der Waals surface area contributed by atoms with Crippen LogP contribution in [0, 0.1) is 35.5 Å². The van der Waals surface area contributed by atoms with E-state index in [1.165, 1.54) is 12.0 Å². The van der Waals surface area contributed by atoms with Crippen molar-refractivity contribution in [2.24, 2.45) is 35.5 Å². The number of allylic oxidation sites excluding steroid dienone is 6. The Balaban J connectivity index is 1.70. The fourth-order valence-corrected chi connectivity index (χ4v) is 11.0. The summed E-state index contributed by atoms with van der Waals surface area (Å²) in [5.41, 5.74) is 1.46. The van der Waals surface area contributed by atoms with E-state index in [2.05, 4.69) is 0 Å². The van der Waals surface area contributed by atoms with Crippen molar-refractivity contribution in [3.8, 4) is 0 Å². The predicted molar refractivity (Wildman–Crippen MR) is 252 cm³/mol. The molecule has 1 saturated carbocycles. The maximum Gasteiger partial charge on any atom is 0.329 e. The quantitative estimate of drug-likeness (QED) is 0.142. The molecule has 1 amide bonds. The van der Waals surface area contributed by atoms with Gasteiger partial charge in [0, 0.05) is 50.2 Å². The number of nitrogens with zero attached hydrogens (tertiary/aromatic N) is 1. The summed E-state index contributed by atoms with van der Waals surface area (Å²) < 4.78 is 23.6. The number of cyclic esters (lactones) is 1. The Labute approximate surface area is 392 Å². The van der Waals surface area contributed by atoms with Gasteiger partial charge in [-0.3, -0.25) is 19.2 Å². The molecule has 1 aliphatic carbocycles. The number of aliphatic hydroxyl groups is 3. The molecule has 0 unspecified atom stereocenters. The van der Waals surface area contributed by atoms with E-state index < -0.39 is 77.8 Å². The molecule has 0 aromatic heterocycles. The molecule has 3 heterocycles. The molecule has 2 bridgehead atoms. The first-order valence-corrected chi connectivity index (χ1v) is 25.2. The van der Waals surface area contributed by atoms with Gasteiger partial charge in [-0.1, -0.05) is 76.6 Å². The zero-order chi connectivity index (χ0) is 48.2. The molecule has 65 heavy (non-hydrogen) atoms. The van der Waals surface area contributed by atoms with Crippen LogP contribution in [0.3, 0.4) is 0 Å². The van der Waals surface area contributed by atoms with Crippen LogP contribution in [-0.4, -0.2) is 130 Å². The lowest BCUT2D eigenvalue weighted by Gasteiger charge is -2.42. The van der Waals surface area contributed by atoms with E-state index in [-0.39, 0.29) is 60.1 Å². The lowest BCUT2D eigenvalue weighted by molar-refractivity contribution is -0.263. The number of ketones is 3. The highest BCUT2D eigenvalue weighted by molar-refractivity contribution is 7.99. The van der Waals surface area contributed by atoms with Gasteiger partial charge >= 0.3 is 5.97 Å². The standard InChI is InChI=1S/C51H79NO12S/c1-30-16-12-11-13-17-31(2)44(65-10)28-38-21-19-36(7)51(60,64-38)48(57)49(58)52-23-15-14-18-39(52)50(59)63-42(33(4)26-37-20-22-40(53)43(27-37)61-8)29-41(54)32(3)25-35(6)46(56)47(62-9)45(55)34(5)24-30/h11-13,16-17,25,30,32-34,36-40,42-44,46-47,53,56,60H,14-15,18-24,26-29H2,1-10H3/b13-11+,16-12-,31-17+,35-25+/t30-,32-,33-,34-,36-,37-,38+,39+,40-,42+,43-,44+,46-,47+,51-/m1/s1. The van der Waals surface area contributed by atoms with Gasteiger partial charge in [-0.2, -0.15) is 11.8 Å². The second-order valence-electron chi connectivity index (χ2n) is 19.6. The highest BCUT2D eigenvalue weighted by Gasteiger charge is 2.53. The van der Waals surface area contributed by atoms with Crippen molar-refractivity contribution in [2.75, 3.05) is 27.0 Å². The molecule has 2 saturated heterocycles. The van der Waals surface area contributed by atoms with Crippen LogP contribution >= 0.6 is 11.8 Å². The molecule has 3 N–H and O–H groups in total. The number of piperidine rings is 1. The number of rotatable bonds is 6. The molecule has 0 spiro atoms. The molecule has 3 aliphatic heterocycles. The van der Waals surface area contributed by atoms with Crippen LogP contribution in [-0.2, 0) is 42.9 Å². The van der Waals surface area contributed by atoms with Gasteiger partial charge in [0.25, 0.3) is 11.7 Å². The topological polar surface area (TPSA) is 186 Å². The molecule has 0 aromatic rings. The van der Waals surface area contributed by atoms with Crippen molar-refractivity contribution >= 4 is 41.0 Å². The molecular formula is C51H79NO12S. The maximum absolute atomic E-state index is 14.4. The Kier molecular flexibility index (Phi) is 21.3.